The fourth-order valence-electron chi connectivity index (χ4n) is 21.4. The predicted octanol–water partition coefficient (Wildman–Crippen LogP) is 17.0. The minimum Gasteiger partial charge on any atom is -0.508 e. The number of amides is 6. The average molecular weight is 1750 g/mol. The molecule has 0 aromatic heterocycles. The maximum absolute atomic E-state index is 12.9. The fourth-order valence-corrected chi connectivity index (χ4v) is 21.4. The lowest BCUT2D eigenvalue weighted by Gasteiger charge is -2.32. The van der Waals surface area contributed by atoms with E-state index in [-0.39, 0.29) is 113 Å². The Morgan fingerprint density at radius 2 is 0.457 bits per heavy atom. The molecule has 6 amide bonds. The van der Waals surface area contributed by atoms with Gasteiger partial charge in [-0.1, -0.05) is 260 Å². The van der Waals surface area contributed by atoms with Crippen molar-refractivity contribution in [3.63, 3.8) is 0 Å². The van der Waals surface area contributed by atoms with Crippen LogP contribution < -0.4 is 58.9 Å². The molecule has 10 aliphatic rings. The Morgan fingerprint density at radius 1 is 0.276 bits per heavy atom. The predicted molar refractivity (Wildman–Crippen MR) is 509 cm³/mol. The van der Waals surface area contributed by atoms with Crippen LogP contribution >= 0.6 is 0 Å². The first-order chi connectivity index (χ1) is 61.0. The number of carbonyl (C=O) groups is 6. The van der Waals surface area contributed by atoms with Gasteiger partial charge in [0.2, 0.25) is 35.4 Å². The standard InChI is InChI=1S/C22H33N3O2.C22H34N2O2.2C21H32N2O2.C20H30N2O2/c1-14(2)19(10-15-6-4-3-5-7-15)25-22(27)20-12-16-8-9-17(21(23)26)11-18(16)13-24-20;1-15(2)20(11-16-7-5-3-4-6-8-16)24-22(26)21-13-17-9-10-19(25)12-18(17)14-23-21;2*1-14(2)19(10-15-6-4-3-5-7-15)23-21(25)20-12-16-8-9-18(24)11-17(16)13-22-20;1-13(2)18(9-14-5-3-4-6-14)22-20(24)19-11-15-7-8-17(23)10-16(15)12-21-19/h8-9,11,14-15,19-20,24H,3-7,10,12-13H2,1-2H3,(H2,23,26)(H,25,27);9-10,12,15-16,20-21,23,25H,3-8,11,13-14H2,1-2H3,(H,24,26);2*8-9,11,14-15,19-20,22,24H,3-7,10,12-13H2,1-2H3,(H,23,25);7-8,10,13-14,18-19,21,23H,3-6,9,11-12H2,1-2H3,(H,22,24)/t19-,20-;20-,21-;19-,20+;19-,20-;18-,19-/m11011/s1. The quantitative estimate of drug-likeness (QED) is 0.0229. The third kappa shape index (κ3) is 31.0. The Balaban J connectivity index is 0.000000154. The highest BCUT2D eigenvalue weighted by molar-refractivity contribution is 5.93. The molecule has 0 spiro atoms. The molecular weight excluding hydrogens is 1590 g/mol. The third-order valence-corrected chi connectivity index (χ3v) is 29.9. The molecular formula is C106H161N11O10. The number of nitrogens with two attached hydrogens (primary N) is 1. The van der Waals surface area contributed by atoms with E-state index in [9.17, 15) is 49.2 Å². The second-order valence-electron chi connectivity index (χ2n) is 41.3. The molecule has 700 valence electrons. The van der Waals surface area contributed by atoms with Gasteiger partial charge in [-0.15, -0.1) is 0 Å². The number of carbonyl (C=O) groups excluding carboxylic acids is 6. The molecule has 5 aromatic carbocycles. The second kappa shape index (κ2) is 49.8. The highest BCUT2D eigenvalue weighted by Crippen LogP contribution is 2.37. The van der Waals surface area contributed by atoms with E-state index < -0.39 is 5.91 Å². The molecule has 5 aliphatic carbocycles. The van der Waals surface area contributed by atoms with Crippen LogP contribution in [0.15, 0.2) is 91.0 Å². The van der Waals surface area contributed by atoms with Crippen LogP contribution in [0.2, 0.25) is 0 Å². The molecule has 10 atom stereocenters. The highest BCUT2D eigenvalue weighted by Gasteiger charge is 2.36. The Bertz CT molecular complexity index is 4200. The average Bonchev–Trinajstić information content (AvgIpc) is 1.10. The van der Waals surface area contributed by atoms with Crippen LogP contribution in [-0.2, 0) is 88.8 Å². The molecule has 0 unspecified atom stereocenters. The number of rotatable bonds is 26. The van der Waals surface area contributed by atoms with E-state index in [1.807, 2.05) is 36.4 Å². The number of benzene rings is 5. The molecule has 0 radical (unpaired) electrons. The molecule has 127 heavy (non-hydrogen) atoms. The summed E-state index contributed by atoms with van der Waals surface area (Å²) in [5.74, 6) is 7.39. The van der Waals surface area contributed by atoms with Crippen LogP contribution in [0.25, 0.3) is 0 Å². The summed E-state index contributed by atoms with van der Waals surface area (Å²) in [5, 5.41) is 71.6. The Kier molecular flexibility index (Phi) is 39.0. The zero-order valence-electron chi connectivity index (χ0n) is 78.8. The van der Waals surface area contributed by atoms with Gasteiger partial charge in [0, 0.05) is 68.5 Å². The molecule has 21 nitrogen and oxygen atoms in total. The minimum atomic E-state index is -0.417. The lowest BCUT2D eigenvalue weighted by Crippen LogP contribution is -2.52. The van der Waals surface area contributed by atoms with Crippen LogP contribution in [0.4, 0.5) is 0 Å². The van der Waals surface area contributed by atoms with Gasteiger partial charge in [0.15, 0.2) is 0 Å². The van der Waals surface area contributed by atoms with E-state index in [0.717, 1.165) is 117 Å². The number of hydrogen-bond acceptors (Lipinski definition) is 15. The van der Waals surface area contributed by atoms with Gasteiger partial charge >= 0.3 is 0 Å². The van der Waals surface area contributed by atoms with Gasteiger partial charge < -0.3 is 79.3 Å². The number of hydrogen-bond donors (Lipinski definition) is 15. The summed E-state index contributed by atoms with van der Waals surface area (Å²) >= 11 is 0. The minimum absolute atomic E-state index is 0.0918. The Labute approximate surface area is 760 Å². The van der Waals surface area contributed by atoms with E-state index in [1.165, 1.54) is 161 Å². The molecule has 0 saturated heterocycles. The first-order valence-corrected chi connectivity index (χ1v) is 49.9. The molecule has 0 bridgehead atoms. The number of fused-ring (bicyclic) bond motifs is 5. The van der Waals surface area contributed by atoms with Crippen molar-refractivity contribution < 1.29 is 49.2 Å². The summed E-state index contributed by atoms with van der Waals surface area (Å²) in [6.45, 7) is 25.2. The summed E-state index contributed by atoms with van der Waals surface area (Å²) in [6.07, 6.45) is 42.3. The van der Waals surface area contributed by atoms with Crippen LogP contribution in [0, 0.1) is 59.2 Å². The fraction of sp³-hybridized carbons (Fsp3) is 0.660. The lowest BCUT2D eigenvalue weighted by atomic mass is 9.82. The van der Waals surface area contributed by atoms with Crippen molar-refractivity contribution in [2.24, 2.45) is 64.9 Å². The van der Waals surface area contributed by atoms with E-state index in [2.05, 4.69) is 122 Å². The largest absolute Gasteiger partial charge is 0.508 e. The Hall–Kier alpha value is -8.08. The summed E-state index contributed by atoms with van der Waals surface area (Å²) in [4.78, 5) is 75.5. The highest BCUT2D eigenvalue weighted by atomic mass is 16.3. The van der Waals surface area contributed by atoms with Crippen molar-refractivity contribution in [3.05, 3.63) is 152 Å². The second-order valence-corrected chi connectivity index (χ2v) is 41.3. The first kappa shape index (κ1) is 99.5. The lowest BCUT2D eigenvalue weighted by molar-refractivity contribution is -0.125. The van der Waals surface area contributed by atoms with E-state index in [1.54, 1.807) is 54.6 Å². The van der Waals surface area contributed by atoms with Crippen LogP contribution in [0.3, 0.4) is 0 Å². The van der Waals surface area contributed by atoms with Gasteiger partial charge in [0.1, 0.15) is 23.0 Å². The van der Waals surface area contributed by atoms with Crippen molar-refractivity contribution in [1.82, 2.24) is 53.2 Å². The number of phenolic OH excluding ortho intramolecular Hbond substituents is 4. The number of phenols is 4. The summed E-state index contributed by atoms with van der Waals surface area (Å²) in [6, 6.07) is 27.6. The topological polar surface area (TPSA) is 330 Å². The molecule has 5 aliphatic heterocycles. The molecule has 5 heterocycles. The zero-order valence-corrected chi connectivity index (χ0v) is 78.8. The summed E-state index contributed by atoms with van der Waals surface area (Å²) in [7, 11) is 0. The monoisotopic (exact) mass is 1750 g/mol. The van der Waals surface area contributed by atoms with Crippen molar-refractivity contribution in [3.8, 4) is 23.0 Å². The van der Waals surface area contributed by atoms with E-state index >= 15 is 0 Å². The molecule has 21 heteroatoms. The zero-order chi connectivity index (χ0) is 90.6. The van der Waals surface area contributed by atoms with Gasteiger partial charge in [-0.3, -0.25) is 28.8 Å². The van der Waals surface area contributed by atoms with Gasteiger partial charge in [0.25, 0.3) is 0 Å². The van der Waals surface area contributed by atoms with Crippen molar-refractivity contribution >= 4 is 35.4 Å². The third-order valence-electron chi connectivity index (χ3n) is 29.9. The molecule has 5 aromatic rings. The number of primary amides is 1. The normalized spacial score (nSPS) is 22.2. The van der Waals surface area contributed by atoms with Gasteiger partial charge in [0.05, 0.1) is 30.2 Å². The Morgan fingerprint density at radius 3 is 0.654 bits per heavy atom. The smallest absolute Gasteiger partial charge is 0.248 e. The van der Waals surface area contributed by atoms with Gasteiger partial charge in [-0.2, -0.15) is 0 Å². The summed E-state index contributed by atoms with van der Waals surface area (Å²) in [5.41, 5.74) is 17.0. The van der Waals surface area contributed by atoms with Crippen LogP contribution in [-0.4, -0.2) is 116 Å². The van der Waals surface area contributed by atoms with Crippen molar-refractivity contribution in [2.45, 2.75) is 387 Å². The van der Waals surface area contributed by atoms with Crippen molar-refractivity contribution in [2.75, 3.05) is 0 Å². The van der Waals surface area contributed by atoms with Gasteiger partial charge in [-0.05, 0) is 240 Å². The number of aromatic hydroxyl groups is 4. The summed E-state index contributed by atoms with van der Waals surface area (Å²) < 4.78 is 0. The van der Waals surface area contributed by atoms with Crippen molar-refractivity contribution in [1.29, 1.82) is 0 Å². The van der Waals surface area contributed by atoms with Crippen LogP contribution in [0.1, 0.15) is 328 Å². The van der Waals surface area contributed by atoms with Gasteiger partial charge in [-0.25, -0.2) is 0 Å². The molecule has 16 N–H and O–H groups in total. The maximum Gasteiger partial charge on any atom is 0.248 e. The molecule has 15 rings (SSSR count). The number of nitrogens with one attached hydrogen (secondary N) is 10. The van der Waals surface area contributed by atoms with Crippen LogP contribution in [0.5, 0.6) is 23.0 Å². The molecule has 5 fully saturated rings. The molecule has 5 saturated carbocycles. The van der Waals surface area contributed by atoms with E-state index in [0.29, 0.717) is 100.0 Å². The SMILES string of the molecule is CC(C)[C@@H](CC1CCCC1)NC(=O)[C@H]1Cc2ccc(O)cc2CN1.CC(C)[C@@H](CC1CCCCC1)NC(=O)[C@H]1Cc2ccc(C(N)=O)cc2CN1.CC(C)[C@@H](CC1CCCCC1)NC(=O)[C@H]1Cc2ccc(O)cc2CN1.CC(C)[C@@H](CC1CCCCCC1)NC(=O)[C@H]1Cc2ccc(O)cc2CN1.CC(C)[C@H](CC1CCCCC1)NC(=O)[C@H]1Cc2ccc(O)cc2CN1. The first-order valence-electron chi connectivity index (χ1n) is 49.9. The van der Waals surface area contributed by atoms with E-state index in [4.69, 9.17) is 5.73 Å². The maximum atomic E-state index is 12.9.